The van der Waals surface area contributed by atoms with E-state index in [9.17, 15) is 4.79 Å². The van der Waals surface area contributed by atoms with Crippen LogP contribution in [0.4, 0.5) is 4.79 Å². The van der Waals surface area contributed by atoms with Crippen LogP contribution in [0, 0.1) is 6.92 Å². The highest BCUT2D eigenvalue weighted by atomic mass is 16.6. The summed E-state index contributed by atoms with van der Waals surface area (Å²) >= 11 is 0. The first-order valence-electron chi connectivity index (χ1n) is 6.16. The molecular weight excluding hydrogens is 234 g/mol. The summed E-state index contributed by atoms with van der Waals surface area (Å²) in [6, 6.07) is -0.152. The van der Waals surface area contributed by atoms with E-state index >= 15 is 0 Å². The number of aromatic nitrogens is 2. The molecular formula is C12H19N3O3. The van der Waals surface area contributed by atoms with Gasteiger partial charge in [0.1, 0.15) is 11.6 Å². The molecule has 0 spiro atoms. The molecule has 1 saturated heterocycles. The van der Waals surface area contributed by atoms with Crippen LogP contribution in [0.5, 0.6) is 0 Å². The number of carbonyl (C=O) groups excluding carboxylic acids is 1. The third kappa shape index (κ3) is 2.80. The molecule has 0 unspecified atom stereocenters. The summed E-state index contributed by atoms with van der Waals surface area (Å²) in [4.78, 5) is 17.9. The molecule has 1 aliphatic heterocycles. The zero-order valence-corrected chi connectivity index (χ0v) is 11.3. The molecule has 18 heavy (non-hydrogen) atoms. The lowest BCUT2D eigenvalue weighted by molar-refractivity contribution is 0.0199. The number of likely N-dealkylation sites (tertiary alicyclic amines) is 1. The fraction of sp³-hybridized carbons (Fsp3) is 0.750. The molecule has 0 aliphatic carbocycles. The van der Waals surface area contributed by atoms with Crippen LogP contribution in [0.3, 0.4) is 0 Å². The molecule has 1 amide bonds. The van der Waals surface area contributed by atoms with E-state index in [2.05, 4.69) is 10.1 Å². The van der Waals surface area contributed by atoms with Crippen molar-refractivity contribution in [3.8, 4) is 0 Å². The molecule has 1 fully saturated rings. The van der Waals surface area contributed by atoms with Crippen molar-refractivity contribution in [2.75, 3.05) is 6.54 Å². The van der Waals surface area contributed by atoms with Crippen LogP contribution in [-0.4, -0.2) is 33.3 Å². The van der Waals surface area contributed by atoms with Crippen molar-refractivity contribution in [3.63, 3.8) is 0 Å². The summed E-state index contributed by atoms with van der Waals surface area (Å²) in [5.41, 5.74) is -0.491. The largest absolute Gasteiger partial charge is 0.444 e. The molecule has 0 radical (unpaired) electrons. The lowest BCUT2D eigenvalue weighted by atomic mass is 10.2. The standard InChI is InChI=1S/C12H19N3O3/c1-8-13-10(18-14-8)9-6-5-7-15(9)11(16)17-12(2,3)4/h9H,5-7H2,1-4H3/t9-/m1/s1. The first-order valence-corrected chi connectivity index (χ1v) is 6.16. The highest BCUT2D eigenvalue weighted by molar-refractivity contribution is 5.69. The minimum absolute atomic E-state index is 0.152. The highest BCUT2D eigenvalue weighted by Gasteiger charge is 2.36. The second kappa shape index (κ2) is 4.59. The quantitative estimate of drug-likeness (QED) is 0.769. The topological polar surface area (TPSA) is 68.5 Å². The van der Waals surface area contributed by atoms with Crippen LogP contribution in [0.25, 0.3) is 0 Å². The molecule has 0 N–H and O–H groups in total. The van der Waals surface area contributed by atoms with Crippen molar-refractivity contribution in [2.24, 2.45) is 0 Å². The predicted octanol–water partition coefficient (Wildman–Crippen LogP) is 2.45. The van der Waals surface area contributed by atoms with Crippen LogP contribution in [-0.2, 0) is 4.74 Å². The first kappa shape index (κ1) is 12.9. The van der Waals surface area contributed by atoms with E-state index in [0.717, 1.165) is 12.8 Å². The molecule has 100 valence electrons. The molecule has 2 heterocycles. The average molecular weight is 253 g/mol. The number of rotatable bonds is 1. The SMILES string of the molecule is Cc1noc([C@H]2CCCN2C(=O)OC(C)(C)C)n1. The van der Waals surface area contributed by atoms with E-state index in [0.29, 0.717) is 18.3 Å². The van der Waals surface area contributed by atoms with Crippen LogP contribution in [0.2, 0.25) is 0 Å². The van der Waals surface area contributed by atoms with Gasteiger partial charge in [0.15, 0.2) is 5.82 Å². The van der Waals surface area contributed by atoms with E-state index in [1.165, 1.54) is 0 Å². The number of nitrogens with zero attached hydrogens (tertiary/aromatic N) is 3. The Morgan fingerprint density at radius 1 is 1.50 bits per heavy atom. The van der Waals surface area contributed by atoms with Gasteiger partial charge in [0, 0.05) is 6.54 Å². The highest BCUT2D eigenvalue weighted by Crippen LogP contribution is 2.32. The molecule has 1 atom stereocenters. The maximum absolute atomic E-state index is 12.1. The van der Waals surface area contributed by atoms with Gasteiger partial charge < -0.3 is 9.26 Å². The number of amides is 1. The van der Waals surface area contributed by atoms with Crippen molar-refractivity contribution in [1.82, 2.24) is 15.0 Å². The number of hydrogen-bond acceptors (Lipinski definition) is 5. The molecule has 1 aromatic heterocycles. The molecule has 0 bridgehead atoms. The average Bonchev–Trinajstić information content (AvgIpc) is 2.81. The Morgan fingerprint density at radius 2 is 2.22 bits per heavy atom. The van der Waals surface area contributed by atoms with Gasteiger partial charge in [-0.1, -0.05) is 5.16 Å². The zero-order chi connectivity index (χ0) is 13.3. The van der Waals surface area contributed by atoms with E-state index in [4.69, 9.17) is 9.26 Å². The molecule has 0 saturated carbocycles. The number of hydrogen-bond donors (Lipinski definition) is 0. The Hall–Kier alpha value is -1.59. The van der Waals surface area contributed by atoms with E-state index < -0.39 is 5.60 Å². The molecule has 6 nitrogen and oxygen atoms in total. The minimum Gasteiger partial charge on any atom is -0.444 e. The van der Waals surface area contributed by atoms with E-state index in [1.807, 2.05) is 20.8 Å². The van der Waals surface area contributed by atoms with Gasteiger partial charge in [0.25, 0.3) is 0 Å². The first-order chi connectivity index (χ1) is 8.37. The maximum Gasteiger partial charge on any atom is 0.410 e. The number of carbonyl (C=O) groups is 1. The second-order valence-corrected chi connectivity index (χ2v) is 5.51. The molecule has 6 heteroatoms. The minimum atomic E-state index is -0.491. The predicted molar refractivity (Wildman–Crippen MR) is 64.0 cm³/mol. The van der Waals surface area contributed by atoms with E-state index in [1.54, 1.807) is 11.8 Å². The Labute approximate surface area is 106 Å². The number of aryl methyl sites for hydroxylation is 1. The van der Waals surface area contributed by atoms with Crippen molar-refractivity contribution in [3.05, 3.63) is 11.7 Å². The second-order valence-electron chi connectivity index (χ2n) is 5.51. The van der Waals surface area contributed by atoms with Crippen LogP contribution >= 0.6 is 0 Å². The fourth-order valence-corrected chi connectivity index (χ4v) is 2.01. The van der Waals surface area contributed by atoms with Crippen molar-refractivity contribution in [1.29, 1.82) is 0 Å². The fourth-order valence-electron chi connectivity index (χ4n) is 2.01. The monoisotopic (exact) mass is 253 g/mol. The maximum atomic E-state index is 12.1. The number of ether oxygens (including phenoxy) is 1. The summed E-state index contributed by atoms with van der Waals surface area (Å²) in [6.07, 6.45) is 1.44. The summed E-state index contributed by atoms with van der Waals surface area (Å²) < 4.78 is 10.5. The van der Waals surface area contributed by atoms with Gasteiger partial charge in [-0.2, -0.15) is 4.98 Å². The van der Waals surface area contributed by atoms with Crippen molar-refractivity contribution < 1.29 is 14.1 Å². The molecule has 2 rings (SSSR count). The Morgan fingerprint density at radius 3 is 2.78 bits per heavy atom. The third-order valence-corrected chi connectivity index (χ3v) is 2.71. The summed E-state index contributed by atoms with van der Waals surface area (Å²) in [7, 11) is 0. The normalized spacial score (nSPS) is 20.2. The summed E-state index contributed by atoms with van der Waals surface area (Å²) in [5, 5.41) is 3.76. The van der Waals surface area contributed by atoms with Gasteiger partial charge >= 0.3 is 6.09 Å². The van der Waals surface area contributed by atoms with Gasteiger partial charge in [-0.3, -0.25) is 4.90 Å². The van der Waals surface area contributed by atoms with Gasteiger partial charge in [-0.15, -0.1) is 0 Å². The zero-order valence-electron chi connectivity index (χ0n) is 11.3. The van der Waals surface area contributed by atoms with Crippen molar-refractivity contribution >= 4 is 6.09 Å². The lowest BCUT2D eigenvalue weighted by Crippen LogP contribution is -2.36. The Bertz CT molecular complexity index is 436. The summed E-state index contributed by atoms with van der Waals surface area (Å²) in [6.45, 7) is 7.99. The lowest BCUT2D eigenvalue weighted by Gasteiger charge is -2.26. The van der Waals surface area contributed by atoms with Gasteiger partial charge in [-0.05, 0) is 40.5 Å². The van der Waals surface area contributed by atoms with Crippen LogP contribution < -0.4 is 0 Å². The smallest absolute Gasteiger partial charge is 0.410 e. The van der Waals surface area contributed by atoms with Crippen molar-refractivity contribution in [2.45, 2.75) is 52.2 Å². The van der Waals surface area contributed by atoms with E-state index in [-0.39, 0.29) is 12.1 Å². The Balaban J connectivity index is 2.10. The third-order valence-electron chi connectivity index (χ3n) is 2.71. The van der Waals surface area contributed by atoms with Crippen LogP contribution in [0.1, 0.15) is 51.4 Å². The van der Waals surface area contributed by atoms with Gasteiger partial charge in [-0.25, -0.2) is 4.79 Å². The summed E-state index contributed by atoms with van der Waals surface area (Å²) in [5.74, 6) is 1.08. The van der Waals surface area contributed by atoms with Crippen LogP contribution in [0.15, 0.2) is 4.52 Å². The molecule has 0 aromatic carbocycles. The Kier molecular flexibility index (Phi) is 3.28. The molecule has 1 aromatic rings. The van der Waals surface area contributed by atoms with Gasteiger partial charge in [0.05, 0.1) is 0 Å². The molecule has 1 aliphatic rings. The van der Waals surface area contributed by atoms with Gasteiger partial charge in [0.2, 0.25) is 5.89 Å².